The standard InChI is InChI=1S/C33H39N3O5/c1-22-18-36(23(2)21-37)33(39)29-17-26(34-32(38)25-11-12-25)13-16-30(29)41-31(22)20-35(3)19-24-9-14-28(15-10-24)40-27-7-5-4-6-8-27/h4-10,13-17,22-23,25,31,37H,11-12,18-21H2,1-3H3,(H,34,38)/t22-,23-,31-/m0/s1. The number of carbonyl (C=O) groups excluding carboxylic acids is 2. The van der Waals surface area contributed by atoms with E-state index in [0.29, 0.717) is 36.6 Å². The Balaban J connectivity index is 1.30. The molecule has 0 unspecified atom stereocenters. The van der Waals surface area contributed by atoms with Gasteiger partial charge in [-0.25, -0.2) is 0 Å². The fourth-order valence-corrected chi connectivity index (χ4v) is 5.08. The zero-order chi connectivity index (χ0) is 28.9. The van der Waals surface area contributed by atoms with Crippen LogP contribution in [0.4, 0.5) is 5.69 Å². The third-order valence-electron chi connectivity index (χ3n) is 7.73. The average Bonchev–Trinajstić information content (AvgIpc) is 3.82. The van der Waals surface area contributed by atoms with Gasteiger partial charge in [0.2, 0.25) is 5.91 Å². The van der Waals surface area contributed by atoms with Crippen LogP contribution in [0, 0.1) is 11.8 Å². The van der Waals surface area contributed by atoms with E-state index in [-0.39, 0.29) is 42.4 Å². The maximum atomic E-state index is 13.6. The molecule has 1 fully saturated rings. The molecule has 3 aromatic carbocycles. The van der Waals surface area contributed by atoms with Gasteiger partial charge in [0.1, 0.15) is 23.4 Å². The summed E-state index contributed by atoms with van der Waals surface area (Å²) in [5, 5.41) is 12.9. The number of amides is 2. The van der Waals surface area contributed by atoms with Gasteiger partial charge in [0.15, 0.2) is 0 Å². The molecule has 2 amide bonds. The Hall–Kier alpha value is -3.88. The van der Waals surface area contributed by atoms with Crippen molar-refractivity contribution in [2.24, 2.45) is 11.8 Å². The number of nitrogens with one attached hydrogen (secondary N) is 1. The summed E-state index contributed by atoms with van der Waals surface area (Å²) in [6, 6.07) is 22.7. The van der Waals surface area contributed by atoms with Crippen molar-refractivity contribution >= 4 is 17.5 Å². The molecule has 2 N–H and O–H groups in total. The van der Waals surface area contributed by atoms with Crippen LogP contribution >= 0.6 is 0 Å². The summed E-state index contributed by atoms with van der Waals surface area (Å²) in [7, 11) is 2.06. The molecule has 3 atom stereocenters. The third kappa shape index (κ3) is 7.26. The van der Waals surface area contributed by atoms with Gasteiger partial charge in [-0.05, 0) is 74.8 Å². The highest BCUT2D eigenvalue weighted by molar-refractivity contribution is 6.00. The summed E-state index contributed by atoms with van der Waals surface area (Å²) < 4.78 is 12.4. The van der Waals surface area contributed by atoms with Crippen LogP contribution in [0.2, 0.25) is 0 Å². The monoisotopic (exact) mass is 557 g/mol. The van der Waals surface area contributed by atoms with E-state index in [1.54, 1.807) is 23.1 Å². The number of rotatable bonds is 10. The van der Waals surface area contributed by atoms with Crippen molar-refractivity contribution in [3.63, 3.8) is 0 Å². The molecule has 1 saturated carbocycles. The number of carbonyl (C=O) groups is 2. The highest BCUT2D eigenvalue weighted by Crippen LogP contribution is 2.33. The van der Waals surface area contributed by atoms with E-state index < -0.39 is 0 Å². The van der Waals surface area contributed by atoms with E-state index in [9.17, 15) is 14.7 Å². The predicted octanol–water partition coefficient (Wildman–Crippen LogP) is 5.18. The first-order valence-corrected chi connectivity index (χ1v) is 14.3. The summed E-state index contributed by atoms with van der Waals surface area (Å²) >= 11 is 0. The molecule has 5 rings (SSSR count). The first-order valence-electron chi connectivity index (χ1n) is 14.3. The van der Waals surface area contributed by atoms with Gasteiger partial charge in [-0.1, -0.05) is 37.3 Å². The van der Waals surface area contributed by atoms with Crippen LogP contribution in [0.15, 0.2) is 72.8 Å². The minimum atomic E-state index is -0.351. The van der Waals surface area contributed by atoms with E-state index in [1.165, 1.54) is 0 Å². The summed E-state index contributed by atoms with van der Waals surface area (Å²) in [6.45, 7) is 5.58. The molecule has 0 saturated heterocycles. The molecule has 8 nitrogen and oxygen atoms in total. The fourth-order valence-electron chi connectivity index (χ4n) is 5.08. The van der Waals surface area contributed by atoms with Crippen molar-refractivity contribution < 1.29 is 24.2 Å². The molecule has 3 aromatic rings. The maximum Gasteiger partial charge on any atom is 0.258 e. The summed E-state index contributed by atoms with van der Waals surface area (Å²) in [6.07, 6.45) is 1.60. The smallest absolute Gasteiger partial charge is 0.258 e. The third-order valence-corrected chi connectivity index (χ3v) is 7.73. The molecule has 0 radical (unpaired) electrons. The Morgan fingerprint density at radius 3 is 2.49 bits per heavy atom. The van der Waals surface area contributed by atoms with Crippen LogP contribution in [-0.4, -0.2) is 65.6 Å². The van der Waals surface area contributed by atoms with Crippen LogP contribution < -0.4 is 14.8 Å². The number of likely N-dealkylation sites (N-methyl/N-ethyl adjacent to an activating group) is 1. The van der Waals surface area contributed by atoms with E-state index in [0.717, 1.165) is 29.9 Å². The lowest BCUT2D eigenvalue weighted by molar-refractivity contribution is -0.117. The quantitative estimate of drug-likeness (QED) is 0.357. The highest BCUT2D eigenvalue weighted by atomic mass is 16.5. The van der Waals surface area contributed by atoms with Gasteiger partial charge in [-0.3, -0.25) is 14.5 Å². The molecule has 2 aliphatic rings. The number of aliphatic hydroxyl groups excluding tert-OH is 1. The first-order chi connectivity index (χ1) is 19.8. The van der Waals surface area contributed by atoms with Crippen LogP contribution in [0.3, 0.4) is 0 Å². The van der Waals surface area contributed by atoms with E-state index in [4.69, 9.17) is 9.47 Å². The minimum absolute atomic E-state index is 0.0134. The largest absolute Gasteiger partial charge is 0.488 e. The fraction of sp³-hybridized carbons (Fsp3) is 0.394. The number of anilines is 1. The zero-order valence-electron chi connectivity index (χ0n) is 24.0. The van der Waals surface area contributed by atoms with Crippen molar-refractivity contribution in [3.8, 4) is 17.2 Å². The second-order valence-electron chi connectivity index (χ2n) is 11.4. The Bertz CT molecular complexity index is 1340. The number of nitrogens with zero attached hydrogens (tertiary/aromatic N) is 2. The topological polar surface area (TPSA) is 91.3 Å². The molecule has 216 valence electrons. The van der Waals surface area contributed by atoms with Gasteiger partial charge in [-0.2, -0.15) is 0 Å². The molecule has 41 heavy (non-hydrogen) atoms. The van der Waals surface area contributed by atoms with Crippen LogP contribution in [0.1, 0.15) is 42.6 Å². The number of fused-ring (bicyclic) bond motifs is 1. The molecule has 1 aliphatic carbocycles. The minimum Gasteiger partial charge on any atom is -0.488 e. The second kappa shape index (κ2) is 12.7. The first kappa shape index (κ1) is 28.6. The van der Waals surface area contributed by atoms with Gasteiger partial charge in [0.25, 0.3) is 5.91 Å². The van der Waals surface area contributed by atoms with Gasteiger partial charge < -0.3 is 24.8 Å². The van der Waals surface area contributed by atoms with Gasteiger partial charge >= 0.3 is 0 Å². The SMILES string of the molecule is C[C@H]1CN([C@@H](C)CO)C(=O)c2cc(NC(=O)C3CC3)ccc2O[C@H]1CN(C)Cc1ccc(Oc2ccccc2)cc1. The molecule has 0 aromatic heterocycles. The number of ether oxygens (including phenoxy) is 2. The Labute approximate surface area is 241 Å². The van der Waals surface area contributed by atoms with Crippen molar-refractivity contribution in [1.82, 2.24) is 9.80 Å². The Morgan fingerprint density at radius 1 is 1.10 bits per heavy atom. The average molecular weight is 558 g/mol. The maximum absolute atomic E-state index is 13.6. The van der Waals surface area contributed by atoms with Gasteiger partial charge in [0.05, 0.1) is 18.2 Å². The molecular weight excluding hydrogens is 518 g/mol. The lowest BCUT2D eigenvalue weighted by atomic mass is 9.99. The van der Waals surface area contributed by atoms with Crippen LogP contribution in [-0.2, 0) is 11.3 Å². The number of hydrogen-bond donors (Lipinski definition) is 2. The summed E-state index contributed by atoms with van der Waals surface area (Å²) in [5.74, 6) is 1.92. The lowest BCUT2D eigenvalue weighted by Gasteiger charge is -2.38. The number of hydrogen-bond acceptors (Lipinski definition) is 6. The van der Waals surface area contributed by atoms with Crippen molar-refractivity contribution in [2.45, 2.75) is 45.4 Å². The number of para-hydroxylation sites is 1. The van der Waals surface area contributed by atoms with Crippen molar-refractivity contribution in [2.75, 3.05) is 32.1 Å². The van der Waals surface area contributed by atoms with Crippen LogP contribution in [0.5, 0.6) is 17.2 Å². The van der Waals surface area contributed by atoms with E-state index in [2.05, 4.69) is 36.3 Å². The molecule has 1 aliphatic heterocycles. The normalized spacial score (nSPS) is 19.5. The highest BCUT2D eigenvalue weighted by Gasteiger charge is 2.34. The van der Waals surface area contributed by atoms with Gasteiger partial charge in [-0.15, -0.1) is 0 Å². The molecule has 8 heteroatoms. The Kier molecular flexibility index (Phi) is 8.90. The second-order valence-corrected chi connectivity index (χ2v) is 11.4. The van der Waals surface area contributed by atoms with E-state index in [1.807, 2.05) is 49.4 Å². The number of benzene rings is 3. The molecular formula is C33H39N3O5. The summed E-state index contributed by atoms with van der Waals surface area (Å²) in [4.78, 5) is 29.9. The van der Waals surface area contributed by atoms with Gasteiger partial charge in [0, 0.05) is 37.2 Å². The Morgan fingerprint density at radius 2 is 1.80 bits per heavy atom. The van der Waals surface area contributed by atoms with E-state index >= 15 is 0 Å². The number of aliphatic hydroxyl groups is 1. The molecule has 0 bridgehead atoms. The predicted molar refractivity (Wildman–Crippen MR) is 158 cm³/mol. The van der Waals surface area contributed by atoms with Crippen molar-refractivity contribution in [1.29, 1.82) is 0 Å². The molecule has 0 spiro atoms. The summed E-state index contributed by atoms with van der Waals surface area (Å²) in [5.41, 5.74) is 2.12. The zero-order valence-corrected chi connectivity index (χ0v) is 24.0. The lowest BCUT2D eigenvalue weighted by Crippen LogP contribution is -2.49. The van der Waals surface area contributed by atoms with Crippen molar-refractivity contribution in [3.05, 3.63) is 83.9 Å². The van der Waals surface area contributed by atoms with Crippen LogP contribution in [0.25, 0.3) is 0 Å². The molecule has 1 heterocycles.